The van der Waals surface area contributed by atoms with Crippen LogP contribution in [0.2, 0.25) is 0 Å². The van der Waals surface area contributed by atoms with E-state index < -0.39 is 5.97 Å². The fraction of sp³-hybridized carbons (Fsp3) is 0.704. The number of methoxy groups -OCH3 is 1. The van der Waals surface area contributed by atoms with E-state index in [2.05, 4.69) is 23.7 Å². The number of likely N-dealkylation sites (tertiary alicyclic amines) is 1. The molecular weight excluding hydrogens is 448 g/mol. The first-order valence-corrected chi connectivity index (χ1v) is 13.4. The molecule has 34 heavy (non-hydrogen) atoms. The zero-order chi connectivity index (χ0) is 24.9. The average molecular weight is 489 g/mol. The topological polar surface area (TPSA) is 70.1 Å². The maximum absolute atomic E-state index is 13.9. The van der Waals surface area contributed by atoms with Gasteiger partial charge in [0.05, 0.1) is 17.2 Å². The quantitative estimate of drug-likeness (QED) is 0.540. The van der Waals surface area contributed by atoms with Crippen LogP contribution in [-0.2, 0) is 9.53 Å². The van der Waals surface area contributed by atoms with Crippen molar-refractivity contribution in [1.82, 2.24) is 4.90 Å². The molecule has 0 unspecified atom stereocenters. The zero-order valence-electron chi connectivity index (χ0n) is 21.4. The van der Waals surface area contributed by atoms with Gasteiger partial charge in [0, 0.05) is 44.1 Å². The molecule has 1 saturated heterocycles. The second-order valence-electron chi connectivity index (χ2n) is 10.9. The molecule has 2 heterocycles. The van der Waals surface area contributed by atoms with Crippen LogP contribution in [0.3, 0.4) is 0 Å². The Bertz CT molecular complexity index is 907. The van der Waals surface area contributed by atoms with E-state index in [-0.39, 0.29) is 28.2 Å². The molecule has 2 aliphatic rings. The Morgan fingerprint density at radius 2 is 1.82 bits per heavy atom. The summed E-state index contributed by atoms with van der Waals surface area (Å²) in [5.41, 5.74) is 0.353. The lowest BCUT2D eigenvalue weighted by Gasteiger charge is -2.40. The summed E-state index contributed by atoms with van der Waals surface area (Å²) >= 11 is 1.18. The number of rotatable bonds is 7. The summed E-state index contributed by atoms with van der Waals surface area (Å²) in [6, 6.07) is 1.84. The molecule has 1 N–H and O–H groups in total. The normalized spacial score (nSPS) is 22.1. The van der Waals surface area contributed by atoms with Crippen molar-refractivity contribution in [1.29, 1.82) is 0 Å². The number of thiophene rings is 1. The number of hydrogen-bond acceptors (Lipinski definition) is 5. The summed E-state index contributed by atoms with van der Waals surface area (Å²) in [5, 5.41) is 10.0. The molecule has 1 aromatic rings. The third-order valence-electron chi connectivity index (χ3n) is 6.86. The van der Waals surface area contributed by atoms with Gasteiger partial charge in [0.25, 0.3) is 0 Å². The number of amides is 1. The lowest BCUT2D eigenvalue weighted by molar-refractivity contribution is -0.124. The standard InChI is InChI=1S/C27H40N2O4S/c1-19-6-8-20(9-7-19)25(30)29(21-11-14-28(15-12-21)16-17-33-5)23-18-22(10-13-27(2,3)4)34-24(23)26(31)32/h18-21H,6-9,11-12,14-17H2,1-5H3,(H,31,32)/t19-,20-. The van der Waals surface area contributed by atoms with Gasteiger partial charge in [0.15, 0.2) is 0 Å². The van der Waals surface area contributed by atoms with Crippen molar-refractivity contribution < 1.29 is 19.4 Å². The number of ether oxygens (including phenoxy) is 1. The highest BCUT2D eigenvalue weighted by molar-refractivity contribution is 7.15. The van der Waals surface area contributed by atoms with Crippen LogP contribution in [0.1, 0.15) is 80.8 Å². The molecule has 2 fully saturated rings. The molecule has 1 aliphatic carbocycles. The van der Waals surface area contributed by atoms with E-state index in [1.54, 1.807) is 7.11 Å². The Balaban J connectivity index is 1.93. The number of nitrogens with zero attached hydrogens (tertiary/aromatic N) is 2. The van der Waals surface area contributed by atoms with E-state index in [1.807, 2.05) is 31.7 Å². The zero-order valence-corrected chi connectivity index (χ0v) is 22.2. The Labute approximate surface area is 208 Å². The summed E-state index contributed by atoms with van der Waals surface area (Å²) in [4.78, 5) is 31.3. The maximum atomic E-state index is 13.9. The molecule has 1 aliphatic heterocycles. The minimum Gasteiger partial charge on any atom is -0.477 e. The predicted molar refractivity (Wildman–Crippen MR) is 138 cm³/mol. The highest BCUT2D eigenvalue weighted by Gasteiger charge is 2.37. The van der Waals surface area contributed by atoms with E-state index in [1.165, 1.54) is 11.3 Å². The van der Waals surface area contributed by atoms with Gasteiger partial charge < -0.3 is 19.6 Å². The molecule has 1 amide bonds. The minimum atomic E-state index is -0.989. The van der Waals surface area contributed by atoms with Crippen molar-refractivity contribution in [2.45, 2.75) is 72.3 Å². The number of carbonyl (C=O) groups excluding carboxylic acids is 1. The molecule has 1 saturated carbocycles. The summed E-state index contributed by atoms with van der Waals surface area (Å²) in [7, 11) is 1.71. The van der Waals surface area contributed by atoms with E-state index >= 15 is 0 Å². The second kappa shape index (κ2) is 11.7. The largest absolute Gasteiger partial charge is 0.477 e. The molecular formula is C27H40N2O4S. The van der Waals surface area contributed by atoms with Crippen LogP contribution in [0.25, 0.3) is 0 Å². The molecule has 0 bridgehead atoms. The Kier molecular flexibility index (Phi) is 9.20. The fourth-order valence-electron chi connectivity index (χ4n) is 4.84. The van der Waals surface area contributed by atoms with Crippen LogP contribution < -0.4 is 4.90 Å². The van der Waals surface area contributed by atoms with Crippen molar-refractivity contribution in [2.75, 3.05) is 38.3 Å². The summed E-state index contributed by atoms with van der Waals surface area (Å²) in [6.07, 6.45) is 5.53. The third-order valence-corrected chi connectivity index (χ3v) is 7.89. The highest BCUT2D eigenvalue weighted by atomic mass is 32.1. The number of carboxylic acids is 1. The number of anilines is 1. The van der Waals surface area contributed by atoms with Gasteiger partial charge in [-0.3, -0.25) is 4.79 Å². The number of carboxylic acid groups (broad SMARTS) is 1. The predicted octanol–water partition coefficient (Wildman–Crippen LogP) is 5.11. The number of aromatic carboxylic acids is 1. The summed E-state index contributed by atoms with van der Waals surface area (Å²) in [5.74, 6) is 6.08. The van der Waals surface area contributed by atoms with Gasteiger partial charge in [-0.25, -0.2) is 4.79 Å². The monoisotopic (exact) mass is 488 g/mol. The van der Waals surface area contributed by atoms with Gasteiger partial charge in [0.2, 0.25) is 5.91 Å². The maximum Gasteiger partial charge on any atom is 0.348 e. The molecule has 0 spiro atoms. The van der Waals surface area contributed by atoms with Crippen LogP contribution in [0.15, 0.2) is 6.07 Å². The number of carbonyl (C=O) groups is 2. The van der Waals surface area contributed by atoms with Crippen LogP contribution in [-0.4, -0.2) is 61.3 Å². The Morgan fingerprint density at radius 1 is 1.18 bits per heavy atom. The van der Waals surface area contributed by atoms with Gasteiger partial charge in [0.1, 0.15) is 4.88 Å². The average Bonchev–Trinajstić information content (AvgIpc) is 3.21. The fourth-order valence-corrected chi connectivity index (χ4v) is 5.69. The Morgan fingerprint density at radius 3 is 2.38 bits per heavy atom. The minimum absolute atomic E-state index is 0.00164. The van der Waals surface area contributed by atoms with Gasteiger partial charge >= 0.3 is 5.97 Å². The molecule has 0 radical (unpaired) electrons. The van der Waals surface area contributed by atoms with Gasteiger partial charge in [-0.15, -0.1) is 11.3 Å². The molecule has 7 heteroatoms. The van der Waals surface area contributed by atoms with E-state index in [9.17, 15) is 14.7 Å². The molecule has 188 valence electrons. The first kappa shape index (κ1) is 26.7. The lowest BCUT2D eigenvalue weighted by atomic mass is 9.82. The highest BCUT2D eigenvalue weighted by Crippen LogP contribution is 2.37. The molecule has 1 aromatic heterocycles. The van der Waals surface area contributed by atoms with E-state index in [0.717, 1.165) is 58.2 Å². The third kappa shape index (κ3) is 7.07. The van der Waals surface area contributed by atoms with Gasteiger partial charge in [-0.2, -0.15) is 0 Å². The van der Waals surface area contributed by atoms with E-state index in [0.29, 0.717) is 23.1 Å². The molecule has 0 aromatic carbocycles. The van der Waals surface area contributed by atoms with Crippen LogP contribution in [0.5, 0.6) is 0 Å². The van der Waals surface area contributed by atoms with Gasteiger partial charge in [-0.05, 0) is 71.3 Å². The summed E-state index contributed by atoms with van der Waals surface area (Å²) < 4.78 is 5.22. The first-order valence-electron chi connectivity index (χ1n) is 12.5. The van der Waals surface area contributed by atoms with Crippen molar-refractivity contribution in [2.24, 2.45) is 17.3 Å². The number of piperidine rings is 1. The van der Waals surface area contributed by atoms with Crippen LogP contribution in [0, 0.1) is 29.1 Å². The SMILES string of the molecule is COCCN1CCC(N(c2cc(C#CC(C)(C)C)sc2C(=O)O)C(=O)[C@H]2CC[C@H](C)CC2)CC1. The first-order chi connectivity index (χ1) is 16.1. The van der Waals surface area contributed by atoms with Crippen molar-refractivity contribution >= 4 is 28.9 Å². The smallest absolute Gasteiger partial charge is 0.348 e. The molecule has 3 rings (SSSR count). The number of hydrogen-bond donors (Lipinski definition) is 1. The molecule has 0 atom stereocenters. The second-order valence-corrected chi connectivity index (χ2v) is 11.9. The van der Waals surface area contributed by atoms with Crippen molar-refractivity contribution in [3.8, 4) is 11.8 Å². The summed E-state index contributed by atoms with van der Waals surface area (Å²) in [6.45, 7) is 11.7. The van der Waals surface area contributed by atoms with Gasteiger partial charge in [-0.1, -0.05) is 18.8 Å². The Hall–Kier alpha value is -1.88. The lowest BCUT2D eigenvalue weighted by Crippen LogP contribution is -2.50. The van der Waals surface area contributed by atoms with E-state index in [4.69, 9.17) is 4.74 Å². The molecule has 6 nitrogen and oxygen atoms in total. The van der Waals surface area contributed by atoms with Crippen LogP contribution in [0.4, 0.5) is 5.69 Å². The van der Waals surface area contributed by atoms with Crippen molar-refractivity contribution in [3.05, 3.63) is 15.8 Å². The van der Waals surface area contributed by atoms with Crippen LogP contribution >= 0.6 is 11.3 Å². The van der Waals surface area contributed by atoms with Crippen molar-refractivity contribution in [3.63, 3.8) is 0 Å².